The van der Waals surface area contributed by atoms with Crippen molar-refractivity contribution in [3.63, 3.8) is 0 Å². The van der Waals surface area contributed by atoms with Crippen LogP contribution in [0.5, 0.6) is 11.5 Å². The molecule has 0 saturated carbocycles. The quantitative estimate of drug-likeness (QED) is 0.296. The van der Waals surface area contributed by atoms with Gasteiger partial charge >= 0.3 is 0 Å². The average molecular weight is 482 g/mol. The number of ketones is 1. The standard InChI is InChI=1S/C25H24ClN3O5/c1-33-19-6-3-5-18(24(19)34-2)21-20(22(30)16-7-9-17(26)10-8-16)23(31)25(32)29(21)13-4-12-28-14-11-27-15-28/h3,5-11,14-15,21,30H,4,12-13H2,1-2H3/b22-20+/t21-/m1/s1. The highest BCUT2D eigenvalue weighted by molar-refractivity contribution is 6.46. The second-order valence-electron chi connectivity index (χ2n) is 7.74. The van der Waals surface area contributed by atoms with E-state index in [0.29, 0.717) is 40.6 Å². The van der Waals surface area contributed by atoms with Gasteiger partial charge in [-0.05, 0) is 36.8 Å². The Balaban J connectivity index is 1.81. The van der Waals surface area contributed by atoms with Crippen molar-refractivity contribution in [2.45, 2.75) is 19.0 Å². The molecule has 9 heteroatoms. The number of imidazole rings is 1. The Morgan fingerprint density at radius 1 is 1.09 bits per heavy atom. The topological polar surface area (TPSA) is 93.9 Å². The van der Waals surface area contributed by atoms with Crippen LogP contribution in [0.4, 0.5) is 0 Å². The van der Waals surface area contributed by atoms with Crippen molar-refractivity contribution in [1.82, 2.24) is 14.5 Å². The predicted molar refractivity (Wildman–Crippen MR) is 127 cm³/mol. The average Bonchev–Trinajstić information content (AvgIpc) is 3.45. The molecule has 1 saturated heterocycles. The van der Waals surface area contributed by atoms with Crippen LogP contribution in [0.2, 0.25) is 5.02 Å². The fourth-order valence-electron chi connectivity index (χ4n) is 4.17. The van der Waals surface area contributed by atoms with E-state index in [1.54, 1.807) is 55.0 Å². The van der Waals surface area contributed by atoms with Gasteiger partial charge in [0, 0.05) is 41.6 Å². The second kappa shape index (κ2) is 10.0. The maximum atomic E-state index is 13.2. The van der Waals surface area contributed by atoms with Crippen LogP contribution in [-0.2, 0) is 16.1 Å². The number of aryl methyl sites for hydroxylation is 1. The first-order chi connectivity index (χ1) is 16.5. The maximum Gasteiger partial charge on any atom is 0.295 e. The molecule has 0 unspecified atom stereocenters. The normalized spacial score (nSPS) is 17.3. The highest BCUT2D eigenvalue weighted by Crippen LogP contribution is 2.45. The molecule has 2 aromatic carbocycles. The Hall–Kier alpha value is -3.78. The summed E-state index contributed by atoms with van der Waals surface area (Å²) < 4.78 is 12.9. The molecule has 1 aliphatic rings. The van der Waals surface area contributed by atoms with E-state index in [-0.39, 0.29) is 17.9 Å². The lowest BCUT2D eigenvalue weighted by Crippen LogP contribution is -2.31. The summed E-state index contributed by atoms with van der Waals surface area (Å²) in [6.45, 7) is 0.896. The number of hydrogen-bond acceptors (Lipinski definition) is 6. The zero-order chi connectivity index (χ0) is 24.2. The zero-order valence-electron chi connectivity index (χ0n) is 18.8. The van der Waals surface area contributed by atoms with Crippen LogP contribution in [0.25, 0.3) is 5.76 Å². The highest BCUT2D eigenvalue weighted by Gasteiger charge is 2.47. The third-order valence-corrected chi connectivity index (χ3v) is 6.01. The number of nitrogens with zero attached hydrogens (tertiary/aromatic N) is 3. The number of carbonyl (C=O) groups is 2. The Morgan fingerprint density at radius 3 is 2.50 bits per heavy atom. The summed E-state index contributed by atoms with van der Waals surface area (Å²) in [5.41, 5.74) is 0.911. The molecule has 4 rings (SSSR count). The number of carbonyl (C=O) groups excluding carboxylic acids is 2. The Labute approximate surface area is 202 Å². The van der Waals surface area contributed by atoms with Crippen molar-refractivity contribution in [2.75, 3.05) is 20.8 Å². The largest absolute Gasteiger partial charge is 0.507 e. The number of methoxy groups -OCH3 is 2. The van der Waals surface area contributed by atoms with Crippen molar-refractivity contribution in [1.29, 1.82) is 0 Å². The summed E-state index contributed by atoms with van der Waals surface area (Å²) in [6.07, 6.45) is 5.78. The Morgan fingerprint density at radius 2 is 1.85 bits per heavy atom. The third-order valence-electron chi connectivity index (χ3n) is 5.76. The molecule has 1 amide bonds. The first-order valence-corrected chi connectivity index (χ1v) is 11.0. The molecule has 1 aromatic heterocycles. The summed E-state index contributed by atoms with van der Waals surface area (Å²) in [5.74, 6) is -0.878. The number of likely N-dealkylation sites (tertiary alicyclic amines) is 1. The molecule has 2 heterocycles. The van der Waals surface area contributed by atoms with Gasteiger partial charge in [0.2, 0.25) is 0 Å². The number of Topliss-reactive ketones (excluding diaryl/α,β-unsaturated/α-hetero) is 1. The van der Waals surface area contributed by atoms with Crippen molar-refractivity contribution in [3.8, 4) is 11.5 Å². The van der Waals surface area contributed by atoms with Crippen LogP contribution in [0.3, 0.4) is 0 Å². The number of rotatable bonds is 8. The molecule has 1 N–H and O–H groups in total. The van der Waals surface area contributed by atoms with Gasteiger partial charge in [-0.2, -0.15) is 0 Å². The number of ether oxygens (including phenoxy) is 2. The van der Waals surface area contributed by atoms with E-state index >= 15 is 0 Å². The van der Waals surface area contributed by atoms with Crippen molar-refractivity contribution in [2.24, 2.45) is 0 Å². The van der Waals surface area contributed by atoms with Crippen LogP contribution in [0.1, 0.15) is 23.6 Å². The van der Waals surface area contributed by atoms with E-state index in [1.165, 1.54) is 19.1 Å². The number of halogens is 1. The van der Waals surface area contributed by atoms with E-state index in [9.17, 15) is 14.7 Å². The lowest BCUT2D eigenvalue weighted by atomic mass is 9.94. The second-order valence-corrected chi connectivity index (χ2v) is 8.17. The zero-order valence-corrected chi connectivity index (χ0v) is 19.5. The van der Waals surface area contributed by atoms with Gasteiger partial charge in [0.1, 0.15) is 5.76 Å². The SMILES string of the molecule is COc1cccc([C@@H]2/C(=C(\O)c3ccc(Cl)cc3)C(=O)C(=O)N2CCCn2ccnc2)c1OC. The van der Waals surface area contributed by atoms with Gasteiger partial charge < -0.3 is 24.0 Å². The third kappa shape index (κ3) is 4.36. The summed E-state index contributed by atoms with van der Waals surface area (Å²) in [6, 6.07) is 10.8. The van der Waals surface area contributed by atoms with Gasteiger partial charge in [0.05, 0.1) is 32.2 Å². The van der Waals surface area contributed by atoms with Gasteiger partial charge in [-0.3, -0.25) is 9.59 Å². The molecule has 0 bridgehead atoms. The van der Waals surface area contributed by atoms with Gasteiger partial charge in [-0.25, -0.2) is 4.98 Å². The molecule has 1 aliphatic heterocycles. The molecule has 1 atom stereocenters. The van der Waals surface area contributed by atoms with Crippen molar-refractivity contribution in [3.05, 3.63) is 82.9 Å². The number of amides is 1. The highest BCUT2D eigenvalue weighted by atomic mass is 35.5. The fourth-order valence-corrected chi connectivity index (χ4v) is 4.29. The molecular formula is C25H24ClN3O5. The number of aliphatic hydroxyl groups excluding tert-OH is 1. The molecule has 0 spiro atoms. The summed E-state index contributed by atoms with van der Waals surface area (Å²) >= 11 is 5.98. The summed E-state index contributed by atoms with van der Waals surface area (Å²) in [4.78, 5) is 31.9. The minimum absolute atomic E-state index is 0.0125. The number of benzene rings is 2. The fraction of sp³-hybridized carbons (Fsp3) is 0.240. The summed E-state index contributed by atoms with van der Waals surface area (Å²) in [5, 5.41) is 11.7. The molecule has 3 aromatic rings. The lowest BCUT2D eigenvalue weighted by Gasteiger charge is -2.27. The van der Waals surface area contributed by atoms with E-state index in [0.717, 1.165) is 0 Å². The predicted octanol–water partition coefficient (Wildman–Crippen LogP) is 4.07. The molecule has 34 heavy (non-hydrogen) atoms. The van der Waals surface area contributed by atoms with Crippen LogP contribution < -0.4 is 9.47 Å². The minimum atomic E-state index is -0.858. The molecule has 8 nitrogen and oxygen atoms in total. The van der Waals surface area contributed by atoms with Crippen molar-refractivity contribution < 1.29 is 24.2 Å². The van der Waals surface area contributed by atoms with E-state index in [1.807, 2.05) is 10.8 Å². The number of para-hydroxylation sites is 1. The van der Waals surface area contributed by atoms with E-state index in [2.05, 4.69) is 4.98 Å². The number of aliphatic hydroxyl groups is 1. The van der Waals surface area contributed by atoms with Gasteiger partial charge in [-0.1, -0.05) is 23.7 Å². The molecule has 176 valence electrons. The van der Waals surface area contributed by atoms with Crippen LogP contribution >= 0.6 is 11.6 Å². The monoisotopic (exact) mass is 481 g/mol. The minimum Gasteiger partial charge on any atom is -0.507 e. The Bertz CT molecular complexity index is 1220. The number of hydrogen-bond donors (Lipinski definition) is 1. The van der Waals surface area contributed by atoms with Gasteiger partial charge in [-0.15, -0.1) is 0 Å². The summed E-state index contributed by atoms with van der Waals surface area (Å²) in [7, 11) is 3.00. The molecule has 0 aliphatic carbocycles. The first-order valence-electron chi connectivity index (χ1n) is 10.7. The lowest BCUT2D eigenvalue weighted by molar-refractivity contribution is -0.140. The number of aromatic nitrogens is 2. The smallest absolute Gasteiger partial charge is 0.295 e. The van der Waals surface area contributed by atoms with E-state index < -0.39 is 17.7 Å². The van der Waals surface area contributed by atoms with Crippen molar-refractivity contribution >= 4 is 29.1 Å². The molecular weight excluding hydrogens is 458 g/mol. The molecule has 0 radical (unpaired) electrons. The van der Waals surface area contributed by atoms with Crippen LogP contribution in [-0.4, -0.2) is 52.0 Å². The first kappa shape index (κ1) is 23.4. The van der Waals surface area contributed by atoms with Gasteiger partial charge in [0.25, 0.3) is 11.7 Å². The van der Waals surface area contributed by atoms with Gasteiger partial charge in [0.15, 0.2) is 11.5 Å². The van der Waals surface area contributed by atoms with Crippen LogP contribution in [0.15, 0.2) is 66.8 Å². The van der Waals surface area contributed by atoms with Crippen LogP contribution in [0, 0.1) is 0 Å². The maximum absolute atomic E-state index is 13.2. The molecule has 1 fully saturated rings. The Kier molecular flexibility index (Phi) is 6.88. The van der Waals surface area contributed by atoms with E-state index in [4.69, 9.17) is 21.1 Å².